The predicted molar refractivity (Wildman–Crippen MR) is 67.7 cm³/mol. The number of H-pyrrole nitrogens is 1. The Bertz CT molecular complexity index is 492. The van der Waals surface area contributed by atoms with Crippen molar-refractivity contribution in [3.05, 3.63) is 36.0 Å². The van der Waals surface area contributed by atoms with Gasteiger partial charge in [0.15, 0.2) is 0 Å². The van der Waals surface area contributed by atoms with Crippen LogP contribution in [0.25, 0.3) is 10.9 Å². The minimum absolute atomic E-state index is 0.753. The number of aromatic amines is 1. The van der Waals surface area contributed by atoms with Crippen LogP contribution in [-0.2, 0) is 0 Å². The van der Waals surface area contributed by atoms with Gasteiger partial charge in [0, 0.05) is 23.1 Å². The molecule has 1 aliphatic rings. The zero-order valence-electron chi connectivity index (χ0n) is 9.90. The Labute approximate surface area is 96.3 Å². The number of aromatic nitrogens is 1. The Hall–Kier alpha value is -1.28. The van der Waals surface area contributed by atoms with Gasteiger partial charge >= 0.3 is 0 Å². The number of hydrogen-bond acceptors (Lipinski definition) is 1. The maximum atomic E-state index is 3.37. The highest BCUT2D eigenvalue weighted by Crippen LogP contribution is 2.41. The minimum Gasteiger partial charge on any atom is -0.361 e. The zero-order chi connectivity index (χ0) is 11.1. The molecule has 2 aromatic rings. The van der Waals surface area contributed by atoms with Crippen LogP contribution in [0.15, 0.2) is 30.5 Å². The smallest absolute Gasteiger partial charge is 0.0456 e. The fourth-order valence-electron chi connectivity index (χ4n) is 2.70. The number of hydrogen-bond donors (Lipinski definition) is 1. The third-order valence-electron chi connectivity index (χ3n) is 3.90. The molecule has 0 bridgehead atoms. The van der Waals surface area contributed by atoms with Crippen LogP contribution in [-0.4, -0.2) is 30.0 Å². The molecule has 1 heterocycles. The quantitative estimate of drug-likeness (QED) is 0.814. The summed E-state index contributed by atoms with van der Waals surface area (Å²) in [6, 6.07) is 9.37. The van der Waals surface area contributed by atoms with Gasteiger partial charge in [0.2, 0.25) is 0 Å². The molecule has 0 aliphatic heterocycles. The summed E-state index contributed by atoms with van der Waals surface area (Å²) >= 11 is 0. The van der Waals surface area contributed by atoms with Gasteiger partial charge < -0.3 is 9.88 Å². The molecule has 1 N–H and O–H groups in total. The van der Waals surface area contributed by atoms with Crippen molar-refractivity contribution < 1.29 is 0 Å². The fraction of sp³-hybridized carbons (Fsp3) is 0.429. The summed E-state index contributed by atoms with van der Waals surface area (Å²) in [6.45, 7) is 0. The van der Waals surface area contributed by atoms with Gasteiger partial charge in [-0.25, -0.2) is 0 Å². The first-order valence-corrected chi connectivity index (χ1v) is 5.98. The zero-order valence-corrected chi connectivity index (χ0v) is 9.90. The molecule has 16 heavy (non-hydrogen) atoms. The summed E-state index contributed by atoms with van der Waals surface area (Å²) in [7, 11) is 4.35. The van der Waals surface area contributed by atoms with E-state index < -0.39 is 0 Å². The third kappa shape index (κ3) is 1.45. The SMILES string of the molecule is CN(C)C1CC(c2c[nH]c3ccccc23)C1. The van der Waals surface area contributed by atoms with Crippen LogP contribution < -0.4 is 0 Å². The topological polar surface area (TPSA) is 19.0 Å². The normalized spacial score (nSPS) is 24.9. The summed E-state index contributed by atoms with van der Waals surface area (Å²) < 4.78 is 0. The molecule has 3 rings (SSSR count). The van der Waals surface area contributed by atoms with Crippen molar-refractivity contribution >= 4 is 10.9 Å². The second-order valence-corrected chi connectivity index (χ2v) is 5.08. The molecule has 0 radical (unpaired) electrons. The molecular formula is C14H18N2. The van der Waals surface area contributed by atoms with Crippen molar-refractivity contribution in [1.82, 2.24) is 9.88 Å². The molecule has 84 valence electrons. The second kappa shape index (κ2) is 3.63. The number of nitrogens with one attached hydrogen (secondary N) is 1. The van der Waals surface area contributed by atoms with Crippen LogP contribution in [0.2, 0.25) is 0 Å². The molecule has 1 aromatic carbocycles. The van der Waals surface area contributed by atoms with E-state index in [2.05, 4.69) is 54.4 Å². The number of nitrogens with zero attached hydrogens (tertiary/aromatic N) is 1. The standard InChI is InChI=1S/C14H18N2/c1-16(2)11-7-10(8-11)13-9-15-14-6-4-3-5-12(13)14/h3-6,9-11,15H,7-8H2,1-2H3. The molecule has 0 amide bonds. The fourth-order valence-corrected chi connectivity index (χ4v) is 2.70. The Morgan fingerprint density at radius 3 is 2.69 bits per heavy atom. The van der Waals surface area contributed by atoms with Crippen molar-refractivity contribution in [3.63, 3.8) is 0 Å². The summed E-state index contributed by atoms with van der Waals surface area (Å²) in [5.41, 5.74) is 2.78. The van der Waals surface area contributed by atoms with E-state index in [1.165, 1.54) is 29.3 Å². The summed E-state index contributed by atoms with van der Waals surface area (Å²) in [6.07, 6.45) is 4.80. The average Bonchev–Trinajstić information content (AvgIpc) is 2.60. The minimum atomic E-state index is 0.753. The molecule has 0 atom stereocenters. The lowest BCUT2D eigenvalue weighted by Crippen LogP contribution is -2.38. The molecular weight excluding hydrogens is 196 g/mol. The maximum absolute atomic E-state index is 3.37. The van der Waals surface area contributed by atoms with E-state index in [1.807, 2.05) is 0 Å². The van der Waals surface area contributed by atoms with Crippen molar-refractivity contribution in [2.45, 2.75) is 24.8 Å². The highest BCUT2D eigenvalue weighted by molar-refractivity contribution is 5.83. The van der Waals surface area contributed by atoms with Gasteiger partial charge in [0.1, 0.15) is 0 Å². The molecule has 0 spiro atoms. The first-order valence-electron chi connectivity index (χ1n) is 5.98. The summed E-state index contributed by atoms with van der Waals surface area (Å²) in [4.78, 5) is 5.71. The monoisotopic (exact) mass is 214 g/mol. The molecule has 2 heteroatoms. The van der Waals surface area contributed by atoms with Gasteiger partial charge in [-0.1, -0.05) is 18.2 Å². The van der Waals surface area contributed by atoms with Gasteiger partial charge in [-0.05, 0) is 44.5 Å². The molecule has 2 nitrogen and oxygen atoms in total. The molecule has 1 saturated carbocycles. The maximum Gasteiger partial charge on any atom is 0.0456 e. The third-order valence-corrected chi connectivity index (χ3v) is 3.90. The summed E-state index contributed by atoms with van der Waals surface area (Å²) in [5.74, 6) is 0.753. The summed E-state index contributed by atoms with van der Waals surface area (Å²) in [5, 5.41) is 1.41. The van der Waals surface area contributed by atoms with E-state index in [0.717, 1.165) is 12.0 Å². The number of benzene rings is 1. The van der Waals surface area contributed by atoms with E-state index in [9.17, 15) is 0 Å². The first-order chi connectivity index (χ1) is 7.75. The van der Waals surface area contributed by atoms with Crippen LogP contribution in [0.1, 0.15) is 24.3 Å². The van der Waals surface area contributed by atoms with E-state index in [0.29, 0.717) is 0 Å². The van der Waals surface area contributed by atoms with E-state index in [4.69, 9.17) is 0 Å². The first kappa shape index (κ1) is 9.91. The van der Waals surface area contributed by atoms with Crippen LogP contribution in [0, 0.1) is 0 Å². The lowest BCUT2D eigenvalue weighted by atomic mass is 9.75. The Morgan fingerprint density at radius 1 is 1.19 bits per heavy atom. The Balaban J connectivity index is 1.86. The van der Waals surface area contributed by atoms with E-state index in [1.54, 1.807) is 0 Å². The number of rotatable bonds is 2. The largest absolute Gasteiger partial charge is 0.361 e. The second-order valence-electron chi connectivity index (χ2n) is 5.08. The van der Waals surface area contributed by atoms with Crippen molar-refractivity contribution in [3.8, 4) is 0 Å². The molecule has 1 aliphatic carbocycles. The van der Waals surface area contributed by atoms with Gasteiger partial charge in [-0.15, -0.1) is 0 Å². The Kier molecular flexibility index (Phi) is 2.25. The molecule has 1 aromatic heterocycles. The van der Waals surface area contributed by atoms with Gasteiger partial charge in [-0.2, -0.15) is 0 Å². The number of fused-ring (bicyclic) bond motifs is 1. The molecule has 0 unspecified atom stereocenters. The predicted octanol–water partition coefficient (Wildman–Crippen LogP) is 2.98. The van der Waals surface area contributed by atoms with Crippen molar-refractivity contribution in [1.29, 1.82) is 0 Å². The average molecular weight is 214 g/mol. The highest BCUT2D eigenvalue weighted by Gasteiger charge is 2.32. The van der Waals surface area contributed by atoms with Crippen LogP contribution in [0.3, 0.4) is 0 Å². The van der Waals surface area contributed by atoms with E-state index >= 15 is 0 Å². The van der Waals surface area contributed by atoms with Crippen molar-refractivity contribution in [2.75, 3.05) is 14.1 Å². The number of para-hydroxylation sites is 1. The van der Waals surface area contributed by atoms with Crippen LogP contribution in [0.4, 0.5) is 0 Å². The lowest BCUT2D eigenvalue weighted by molar-refractivity contribution is 0.167. The van der Waals surface area contributed by atoms with E-state index in [-0.39, 0.29) is 0 Å². The van der Waals surface area contributed by atoms with Crippen LogP contribution in [0.5, 0.6) is 0 Å². The van der Waals surface area contributed by atoms with Crippen molar-refractivity contribution in [2.24, 2.45) is 0 Å². The highest BCUT2D eigenvalue weighted by atomic mass is 15.1. The van der Waals surface area contributed by atoms with Gasteiger partial charge in [0.05, 0.1) is 0 Å². The van der Waals surface area contributed by atoms with Crippen LogP contribution >= 0.6 is 0 Å². The molecule has 1 fully saturated rings. The lowest BCUT2D eigenvalue weighted by Gasteiger charge is -2.39. The Morgan fingerprint density at radius 2 is 1.94 bits per heavy atom. The van der Waals surface area contributed by atoms with Gasteiger partial charge in [0.25, 0.3) is 0 Å². The van der Waals surface area contributed by atoms with Gasteiger partial charge in [-0.3, -0.25) is 0 Å². The molecule has 0 saturated heterocycles.